The Hall–Kier alpha value is -4.87. The summed E-state index contributed by atoms with van der Waals surface area (Å²) < 4.78 is 2.03. The summed E-state index contributed by atoms with van der Waals surface area (Å²) >= 11 is 6.73. The molecule has 0 bridgehead atoms. The molecule has 0 N–H and O–H groups in total. The van der Waals surface area contributed by atoms with Crippen LogP contribution in [0.2, 0.25) is 0 Å². The number of nitrogens with zero attached hydrogens (tertiary/aromatic N) is 7. The lowest BCUT2D eigenvalue weighted by Gasteiger charge is -2.09. The molecule has 212 valence electrons. The number of hydrogen-bond acceptors (Lipinski definition) is 9. The molecule has 0 radical (unpaired) electrons. The molecule has 4 aromatic heterocycles. The zero-order valence-corrected chi connectivity index (χ0v) is 25.9. The van der Waals surface area contributed by atoms with Crippen molar-refractivity contribution in [1.82, 2.24) is 34.9 Å². The molecule has 9 nitrogen and oxygen atoms in total. The smallest absolute Gasteiger partial charge is 0.179 e. The van der Waals surface area contributed by atoms with E-state index in [0.29, 0.717) is 22.6 Å². The fourth-order valence-corrected chi connectivity index (χ4v) is 4.02. The average molecular weight is 697 g/mol. The Morgan fingerprint density at radius 1 is 0.605 bits per heavy atom. The second kappa shape index (κ2) is 15.9. The Balaban J connectivity index is 0.000000192. The van der Waals surface area contributed by atoms with Crippen LogP contribution in [0.4, 0.5) is 0 Å². The van der Waals surface area contributed by atoms with Crippen molar-refractivity contribution in [3.63, 3.8) is 0 Å². The van der Waals surface area contributed by atoms with Gasteiger partial charge in [-0.3, -0.25) is 34.5 Å². The number of hydrogen-bond donors (Lipinski definition) is 0. The lowest BCUT2D eigenvalue weighted by Crippen LogP contribution is -1.95. The normalized spacial score (nSPS) is 9.93. The van der Waals surface area contributed by atoms with Crippen LogP contribution in [0.1, 0.15) is 27.8 Å². The molecule has 0 saturated heterocycles. The van der Waals surface area contributed by atoms with Gasteiger partial charge >= 0.3 is 0 Å². The van der Waals surface area contributed by atoms with Crippen LogP contribution in [0.5, 0.6) is 0 Å². The van der Waals surface area contributed by atoms with E-state index in [1.54, 1.807) is 49.3 Å². The second-order valence-corrected chi connectivity index (χ2v) is 10.5. The monoisotopic (exact) mass is 695 g/mol. The van der Waals surface area contributed by atoms with Crippen molar-refractivity contribution in [2.45, 2.75) is 6.92 Å². The second-order valence-electron chi connectivity index (χ2n) is 8.63. The van der Waals surface area contributed by atoms with E-state index in [1.165, 1.54) is 25.5 Å². The van der Waals surface area contributed by atoms with Crippen LogP contribution in [0.15, 0.2) is 125 Å². The molecule has 6 aromatic rings. The minimum Gasteiger partial charge on any atom is -0.298 e. The minimum absolute atomic E-state index is 0.0527. The number of Topliss-reactive ketones (excluding diaryl/α,β-unsaturated/α-hetero) is 1. The largest absolute Gasteiger partial charge is 0.298 e. The highest BCUT2D eigenvalue weighted by Gasteiger charge is 2.10. The molecular formula is C32H23Br2N7O2. The van der Waals surface area contributed by atoms with E-state index in [9.17, 15) is 9.59 Å². The molecule has 43 heavy (non-hydrogen) atoms. The van der Waals surface area contributed by atoms with E-state index < -0.39 is 0 Å². The minimum atomic E-state index is -0.0527. The standard InChI is InChI=1S/C19H12BrN5.C7H5BrO.C6H6N2O/c20-15-3-1-13(2-4-15)14-9-16(18-11-21-5-7-23-18)25-17(10-14)19-12-22-6-8-24-19;8-7-3-1-6(5-9)2-4-7;1-5(9)6-4-7-2-3-8-6/h1-12H;1-5H;2-4H,1H3. The van der Waals surface area contributed by atoms with Crippen LogP contribution in [-0.4, -0.2) is 47.0 Å². The summed E-state index contributed by atoms with van der Waals surface area (Å²) in [5.41, 5.74) is 6.15. The molecular weight excluding hydrogens is 674 g/mol. The molecule has 6 rings (SSSR count). The first-order chi connectivity index (χ1) is 20.9. The molecule has 2 aromatic carbocycles. The van der Waals surface area contributed by atoms with E-state index in [-0.39, 0.29) is 5.78 Å². The van der Waals surface area contributed by atoms with Crippen molar-refractivity contribution in [3.05, 3.63) is 137 Å². The summed E-state index contributed by atoms with van der Waals surface area (Å²) in [4.78, 5) is 49.8. The van der Waals surface area contributed by atoms with Gasteiger partial charge in [-0.15, -0.1) is 0 Å². The summed E-state index contributed by atoms with van der Waals surface area (Å²) in [6.45, 7) is 1.46. The van der Waals surface area contributed by atoms with Crippen molar-refractivity contribution in [2.75, 3.05) is 0 Å². The number of benzene rings is 2. The maximum absolute atomic E-state index is 10.5. The Labute approximate surface area is 264 Å². The molecule has 0 aliphatic carbocycles. The zero-order valence-electron chi connectivity index (χ0n) is 22.7. The molecule has 0 spiro atoms. The molecule has 0 unspecified atom stereocenters. The number of aldehydes is 1. The van der Waals surface area contributed by atoms with E-state index >= 15 is 0 Å². The summed E-state index contributed by atoms with van der Waals surface area (Å²) in [7, 11) is 0. The van der Waals surface area contributed by atoms with Gasteiger partial charge < -0.3 is 0 Å². The van der Waals surface area contributed by atoms with Crippen molar-refractivity contribution in [1.29, 1.82) is 0 Å². The quantitative estimate of drug-likeness (QED) is 0.134. The highest BCUT2D eigenvalue weighted by molar-refractivity contribution is 9.10. The van der Waals surface area contributed by atoms with Crippen LogP contribution in [-0.2, 0) is 0 Å². The van der Waals surface area contributed by atoms with Gasteiger partial charge in [-0.25, -0.2) is 9.97 Å². The Bertz CT molecular complexity index is 1700. The first-order valence-corrected chi connectivity index (χ1v) is 14.3. The van der Waals surface area contributed by atoms with Crippen LogP contribution in [0.25, 0.3) is 33.9 Å². The maximum Gasteiger partial charge on any atom is 0.179 e. The Morgan fingerprint density at radius 2 is 1.09 bits per heavy atom. The summed E-state index contributed by atoms with van der Waals surface area (Å²) in [6.07, 6.45) is 15.3. The molecule has 0 aliphatic rings. The third-order valence-electron chi connectivity index (χ3n) is 5.58. The highest BCUT2D eigenvalue weighted by atomic mass is 79.9. The average Bonchev–Trinajstić information content (AvgIpc) is 3.07. The van der Waals surface area contributed by atoms with Crippen molar-refractivity contribution >= 4 is 43.9 Å². The molecule has 4 heterocycles. The molecule has 0 aliphatic heterocycles. The van der Waals surface area contributed by atoms with Gasteiger partial charge in [0.1, 0.15) is 23.4 Å². The summed E-state index contributed by atoms with van der Waals surface area (Å²) in [5.74, 6) is -0.0527. The van der Waals surface area contributed by atoms with Gasteiger partial charge in [0, 0.05) is 58.6 Å². The van der Waals surface area contributed by atoms with Crippen LogP contribution in [0.3, 0.4) is 0 Å². The summed E-state index contributed by atoms with van der Waals surface area (Å²) in [6, 6.07) is 19.3. The maximum atomic E-state index is 10.5. The lowest BCUT2D eigenvalue weighted by atomic mass is 10.0. The molecule has 11 heteroatoms. The third kappa shape index (κ3) is 9.59. The van der Waals surface area contributed by atoms with Gasteiger partial charge in [0.05, 0.1) is 30.0 Å². The first-order valence-electron chi connectivity index (χ1n) is 12.7. The Morgan fingerprint density at radius 3 is 1.49 bits per heavy atom. The van der Waals surface area contributed by atoms with Crippen LogP contribution < -0.4 is 0 Å². The molecule has 0 saturated carbocycles. The highest BCUT2D eigenvalue weighted by Crippen LogP contribution is 2.29. The number of carbonyl (C=O) groups is 2. The SMILES string of the molecule is Brc1ccc(-c2cc(-c3cnccn3)nc(-c3cnccn3)c2)cc1.CC(=O)c1cnccn1.O=Cc1ccc(Br)cc1. The Kier molecular flexibility index (Phi) is 11.5. The topological polar surface area (TPSA) is 124 Å². The number of aromatic nitrogens is 7. The van der Waals surface area contributed by atoms with Gasteiger partial charge in [0.2, 0.25) is 0 Å². The van der Waals surface area contributed by atoms with Gasteiger partial charge in [-0.1, -0.05) is 56.1 Å². The van der Waals surface area contributed by atoms with Crippen LogP contribution in [0, 0.1) is 0 Å². The number of halogens is 2. The van der Waals surface area contributed by atoms with Gasteiger partial charge in [0.25, 0.3) is 0 Å². The number of ketones is 1. The van der Waals surface area contributed by atoms with E-state index in [1.807, 2.05) is 36.4 Å². The van der Waals surface area contributed by atoms with Crippen molar-refractivity contribution in [3.8, 4) is 33.9 Å². The van der Waals surface area contributed by atoms with Gasteiger partial charge in [0.15, 0.2) is 5.78 Å². The van der Waals surface area contributed by atoms with E-state index in [0.717, 1.165) is 37.7 Å². The fourth-order valence-electron chi connectivity index (χ4n) is 3.49. The number of carbonyl (C=O) groups excluding carboxylic acids is 2. The van der Waals surface area contributed by atoms with Crippen molar-refractivity contribution < 1.29 is 9.59 Å². The van der Waals surface area contributed by atoms with E-state index in [4.69, 9.17) is 4.98 Å². The lowest BCUT2D eigenvalue weighted by molar-refractivity contribution is 0.101. The predicted molar refractivity (Wildman–Crippen MR) is 171 cm³/mol. The van der Waals surface area contributed by atoms with Crippen molar-refractivity contribution in [2.24, 2.45) is 0 Å². The molecule has 0 atom stereocenters. The fraction of sp³-hybridized carbons (Fsp3) is 0.0312. The van der Waals surface area contributed by atoms with Crippen LogP contribution >= 0.6 is 31.9 Å². The molecule has 0 amide bonds. The predicted octanol–water partition coefficient (Wildman–Crippen LogP) is 7.37. The number of pyridine rings is 1. The van der Waals surface area contributed by atoms with E-state index in [2.05, 4.69) is 73.9 Å². The first kappa shape index (κ1) is 31.1. The zero-order chi connectivity index (χ0) is 30.4. The molecule has 0 fully saturated rings. The van der Waals surface area contributed by atoms with Gasteiger partial charge in [-0.05, 0) is 47.5 Å². The number of rotatable bonds is 5. The van der Waals surface area contributed by atoms with Gasteiger partial charge in [-0.2, -0.15) is 0 Å². The summed E-state index contributed by atoms with van der Waals surface area (Å²) in [5, 5.41) is 0. The third-order valence-corrected chi connectivity index (χ3v) is 6.64.